The molecule has 86 valence electrons. The van der Waals surface area contributed by atoms with Crippen molar-refractivity contribution in [2.24, 2.45) is 0 Å². The number of benzene rings is 1. The van der Waals surface area contributed by atoms with Crippen molar-refractivity contribution in [3.63, 3.8) is 0 Å². The molecule has 0 aromatic heterocycles. The highest BCUT2D eigenvalue weighted by atomic mass is 32.2. The molecule has 0 aliphatic carbocycles. The van der Waals surface area contributed by atoms with E-state index >= 15 is 0 Å². The molecule has 0 radical (unpaired) electrons. The fourth-order valence-electron chi connectivity index (χ4n) is 1.10. The Morgan fingerprint density at radius 3 is 2.81 bits per heavy atom. The van der Waals surface area contributed by atoms with Crippen molar-refractivity contribution in [1.29, 1.82) is 0 Å². The number of thioether (sulfide) groups is 1. The number of nitro groups is 1. The Morgan fingerprint density at radius 2 is 2.25 bits per heavy atom. The molecule has 0 saturated heterocycles. The topological polar surface area (TPSA) is 80.4 Å². The van der Waals surface area contributed by atoms with E-state index in [1.54, 1.807) is 0 Å². The summed E-state index contributed by atoms with van der Waals surface area (Å²) >= 11 is 0.984. The highest BCUT2D eigenvalue weighted by molar-refractivity contribution is 7.99. The smallest absolute Gasteiger partial charge is 0.313 e. The van der Waals surface area contributed by atoms with Gasteiger partial charge in [-0.25, -0.2) is 4.39 Å². The largest absolute Gasteiger partial charge is 0.481 e. The third-order valence-corrected chi connectivity index (χ3v) is 2.69. The quantitative estimate of drug-likeness (QED) is 0.634. The van der Waals surface area contributed by atoms with E-state index in [0.717, 1.165) is 30.0 Å². The molecule has 5 nitrogen and oxygen atoms in total. The van der Waals surface area contributed by atoms with Crippen LogP contribution in [0.2, 0.25) is 0 Å². The number of carbonyl (C=O) groups is 1. The summed E-state index contributed by atoms with van der Waals surface area (Å²) in [6.07, 6.45) is 0. The summed E-state index contributed by atoms with van der Waals surface area (Å²) in [6.45, 7) is 0. The van der Waals surface area contributed by atoms with Gasteiger partial charge in [0, 0.05) is 17.4 Å². The molecule has 0 aliphatic rings. The molecule has 7 heteroatoms. The molecule has 0 aliphatic heterocycles. The highest BCUT2D eigenvalue weighted by Crippen LogP contribution is 2.23. The van der Waals surface area contributed by atoms with Gasteiger partial charge in [0.2, 0.25) is 0 Å². The van der Waals surface area contributed by atoms with E-state index in [0.29, 0.717) is 0 Å². The average Bonchev–Trinajstić information content (AvgIpc) is 2.16. The Hall–Kier alpha value is -1.63. The Morgan fingerprint density at radius 1 is 1.56 bits per heavy atom. The van der Waals surface area contributed by atoms with E-state index in [4.69, 9.17) is 5.11 Å². The maximum atomic E-state index is 12.8. The third-order valence-electron chi connectivity index (χ3n) is 1.72. The minimum atomic E-state index is -1.01. The predicted octanol–water partition coefficient (Wildman–Crippen LogP) is 2.05. The first-order chi connectivity index (χ1) is 7.50. The lowest BCUT2D eigenvalue weighted by atomic mass is 10.2. The van der Waals surface area contributed by atoms with Crippen LogP contribution in [0.5, 0.6) is 0 Å². The number of halogens is 1. The van der Waals surface area contributed by atoms with Crippen molar-refractivity contribution in [1.82, 2.24) is 0 Å². The zero-order chi connectivity index (χ0) is 12.1. The molecule has 0 fully saturated rings. The van der Waals surface area contributed by atoms with Crippen LogP contribution in [0, 0.1) is 15.9 Å². The van der Waals surface area contributed by atoms with Crippen LogP contribution in [0.25, 0.3) is 0 Å². The standard InChI is InChI=1S/C9H8FNO4S/c10-7-1-2-8(11(14)15)6(3-7)4-16-5-9(12)13/h1-3H,4-5H2,(H,12,13). The molecule has 1 aromatic carbocycles. The van der Waals surface area contributed by atoms with E-state index in [9.17, 15) is 19.3 Å². The molecule has 0 unspecified atom stereocenters. The van der Waals surface area contributed by atoms with Crippen molar-refractivity contribution in [3.8, 4) is 0 Å². The Balaban J connectivity index is 2.80. The molecule has 1 rings (SSSR count). The van der Waals surface area contributed by atoms with Crippen molar-refractivity contribution >= 4 is 23.4 Å². The lowest BCUT2D eigenvalue weighted by Gasteiger charge is -2.01. The molecule has 0 bridgehead atoms. The first kappa shape index (κ1) is 12.4. The van der Waals surface area contributed by atoms with Crippen LogP contribution in [-0.2, 0) is 10.5 Å². The van der Waals surface area contributed by atoms with Crippen LogP contribution in [0.15, 0.2) is 18.2 Å². The molecule has 16 heavy (non-hydrogen) atoms. The first-order valence-electron chi connectivity index (χ1n) is 4.23. The van der Waals surface area contributed by atoms with Gasteiger partial charge in [-0.3, -0.25) is 14.9 Å². The summed E-state index contributed by atoms with van der Waals surface area (Å²) in [5.41, 5.74) is -0.00413. The van der Waals surface area contributed by atoms with Crippen molar-refractivity contribution in [2.75, 3.05) is 5.75 Å². The van der Waals surface area contributed by atoms with Crippen LogP contribution in [0.3, 0.4) is 0 Å². The molecule has 0 amide bonds. The molecule has 0 saturated carbocycles. The Bertz CT molecular complexity index is 424. The number of hydrogen-bond donors (Lipinski definition) is 1. The number of aliphatic carboxylic acids is 1. The lowest BCUT2D eigenvalue weighted by Crippen LogP contribution is -2.00. The van der Waals surface area contributed by atoms with Crippen LogP contribution in [0.4, 0.5) is 10.1 Å². The number of nitrogens with zero attached hydrogens (tertiary/aromatic N) is 1. The Labute approximate surface area is 94.4 Å². The molecule has 0 heterocycles. The molecule has 0 spiro atoms. The van der Waals surface area contributed by atoms with Crippen LogP contribution >= 0.6 is 11.8 Å². The fourth-order valence-corrected chi connectivity index (χ4v) is 1.82. The van der Waals surface area contributed by atoms with Gasteiger partial charge in [-0.05, 0) is 12.1 Å². The van der Waals surface area contributed by atoms with E-state index < -0.39 is 16.7 Å². The zero-order valence-electron chi connectivity index (χ0n) is 8.05. The van der Waals surface area contributed by atoms with Gasteiger partial charge in [-0.2, -0.15) is 0 Å². The summed E-state index contributed by atoms with van der Waals surface area (Å²) in [6, 6.07) is 3.13. The first-order valence-corrected chi connectivity index (χ1v) is 5.38. The number of carboxylic acid groups (broad SMARTS) is 1. The van der Waals surface area contributed by atoms with Crippen molar-refractivity contribution in [3.05, 3.63) is 39.7 Å². The highest BCUT2D eigenvalue weighted by Gasteiger charge is 2.14. The second-order valence-corrected chi connectivity index (χ2v) is 3.90. The number of hydrogen-bond acceptors (Lipinski definition) is 4. The van der Waals surface area contributed by atoms with Gasteiger partial charge in [0.1, 0.15) is 5.82 Å². The SMILES string of the molecule is O=C(O)CSCc1cc(F)ccc1[N+](=O)[O-]. The van der Waals surface area contributed by atoms with E-state index in [1.165, 1.54) is 0 Å². The zero-order valence-corrected chi connectivity index (χ0v) is 8.87. The number of carboxylic acids is 1. The van der Waals surface area contributed by atoms with Gasteiger partial charge < -0.3 is 5.11 Å². The van der Waals surface area contributed by atoms with Gasteiger partial charge in [-0.15, -0.1) is 11.8 Å². The maximum absolute atomic E-state index is 12.8. The molecular formula is C9H8FNO4S. The van der Waals surface area contributed by atoms with Crippen LogP contribution in [0.1, 0.15) is 5.56 Å². The van der Waals surface area contributed by atoms with Crippen LogP contribution < -0.4 is 0 Å². The van der Waals surface area contributed by atoms with Crippen LogP contribution in [-0.4, -0.2) is 21.8 Å². The second kappa shape index (κ2) is 5.45. The normalized spacial score (nSPS) is 10.1. The minimum absolute atomic E-state index is 0.0976. The van der Waals surface area contributed by atoms with Crippen molar-refractivity contribution < 1.29 is 19.2 Å². The van der Waals surface area contributed by atoms with Gasteiger partial charge >= 0.3 is 5.97 Å². The van der Waals surface area contributed by atoms with E-state index in [2.05, 4.69) is 0 Å². The van der Waals surface area contributed by atoms with Gasteiger partial charge in [0.25, 0.3) is 5.69 Å². The molecular weight excluding hydrogens is 237 g/mol. The predicted molar refractivity (Wildman–Crippen MR) is 56.9 cm³/mol. The van der Waals surface area contributed by atoms with Gasteiger partial charge in [0.15, 0.2) is 0 Å². The van der Waals surface area contributed by atoms with Crippen molar-refractivity contribution in [2.45, 2.75) is 5.75 Å². The number of nitro benzene ring substituents is 1. The number of rotatable bonds is 5. The summed E-state index contributed by atoms with van der Waals surface area (Å²) in [5, 5.41) is 19.0. The minimum Gasteiger partial charge on any atom is -0.481 e. The summed E-state index contributed by atoms with van der Waals surface area (Å²) in [4.78, 5) is 20.2. The van der Waals surface area contributed by atoms with E-state index in [-0.39, 0.29) is 22.8 Å². The average molecular weight is 245 g/mol. The summed E-state index contributed by atoms with van der Waals surface area (Å²) < 4.78 is 12.8. The summed E-state index contributed by atoms with van der Waals surface area (Å²) in [5.74, 6) is -1.66. The maximum Gasteiger partial charge on any atom is 0.313 e. The molecule has 0 atom stereocenters. The van der Waals surface area contributed by atoms with E-state index in [1.807, 2.05) is 0 Å². The lowest BCUT2D eigenvalue weighted by molar-refractivity contribution is -0.385. The monoisotopic (exact) mass is 245 g/mol. The second-order valence-electron chi connectivity index (χ2n) is 2.92. The van der Waals surface area contributed by atoms with Gasteiger partial charge in [-0.1, -0.05) is 0 Å². The summed E-state index contributed by atoms with van der Waals surface area (Å²) in [7, 11) is 0. The molecule has 1 aromatic rings. The third kappa shape index (κ3) is 3.50. The molecule has 1 N–H and O–H groups in total. The fraction of sp³-hybridized carbons (Fsp3) is 0.222. The Kier molecular flexibility index (Phi) is 4.24. The van der Waals surface area contributed by atoms with Gasteiger partial charge in [0.05, 0.1) is 10.7 Å².